The van der Waals surface area contributed by atoms with E-state index in [0.29, 0.717) is 19.4 Å². The third-order valence-electron chi connectivity index (χ3n) is 5.95. The lowest BCUT2D eigenvalue weighted by Crippen LogP contribution is -2.62. The van der Waals surface area contributed by atoms with Gasteiger partial charge in [0, 0.05) is 11.0 Å². The molecule has 0 amide bonds. The summed E-state index contributed by atoms with van der Waals surface area (Å²) in [5, 5.41) is 41.3. The van der Waals surface area contributed by atoms with Gasteiger partial charge in [-0.15, -0.1) is 0 Å². The predicted molar refractivity (Wildman–Crippen MR) is 104 cm³/mol. The van der Waals surface area contributed by atoms with Gasteiger partial charge in [-0.2, -0.15) is 0 Å². The topological polar surface area (TPSA) is 161 Å². The van der Waals surface area contributed by atoms with Gasteiger partial charge in [-0.1, -0.05) is 44.9 Å². The molecular weight excluding hydrogens is 382 g/mol. The predicted octanol–water partition coefficient (Wildman–Crippen LogP) is 2.72. The third kappa shape index (κ3) is 8.00. The molecule has 166 valence electrons. The maximum absolute atomic E-state index is 11.7. The Morgan fingerprint density at radius 1 is 0.586 bits per heavy atom. The molecule has 1 fully saturated rings. The van der Waals surface area contributed by atoms with E-state index in [0.717, 1.165) is 38.5 Å². The number of rotatable bonds is 8. The quantitative estimate of drug-likeness (QED) is 0.401. The monoisotopic (exact) mass is 415 g/mol. The van der Waals surface area contributed by atoms with Gasteiger partial charge in [0.05, 0.1) is 25.7 Å². The van der Waals surface area contributed by atoms with E-state index in [4.69, 9.17) is 0 Å². The Labute approximate surface area is 170 Å². The van der Waals surface area contributed by atoms with E-state index in [1.165, 1.54) is 0 Å². The highest BCUT2D eigenvalue weighted by Gasteiger charge is 2.55. The Morgan fingerprint density at radius 2 is 0.966 bits per heavy atom. The molecule has 0 unspecified atom stereocenters. The van der Waals surface area contributed by atoms with Gasteiger partial charge < -0.3 is 25.7 Å². The van der Waals surface area contributed by atoms with Gasteiger partial charge in [0.2, 0.25) is 0 Å². The van der Waals surface area contributed by atoms with Crippen LogP contribution in [0.3, 0.4) is 0 Å². The van der Waals surface area contributed by atoms with Crippen molar-refractivity contribution in [2.45, 2.75) is 89.0 Å². The highest BCUT2D eigenvalue weighted by atomic mass is 16.4. The van der Waals surface area contributed by atoms with Crippen LogP contribution in [0.1, 0.15) is 83.5 Å². The number of carboxylic acids is 4. The normalized spacial score (nSPS) is 20.4. The fraction of sp³-hybridized carbons (Fsp3) is 0.800. The number of hydrogen-bond acceptors (Lipinski definition) is 5. The molecule has 9 heteroatoms. The van der Waals surface area contributed by atoms with Crippen LogP contribution >= 0.6 is 0 Å². The summed E-state index contributed by atoms with van der Waals surface area (Å²) in [4.78, 5) is 46.9. The van der Waals surface area contributed by atoms with Gasteiger partial charge >= 0.3 is 23.9 Å². The summed E-state index contributed by atoms with van der Waals surface area (Å²) in [6.07, 6.45) is 4.51. The fourth-order valence-corrected chi connectivity index (χ4v) is 4.64. The Morgan fingerprint density at radius 3 is 1.38 bits per heavy atom. The molecule has 29 heavy (non-hydrogen) atoms. The van der Waals surface area contributed by atoms with Crippen LogP contribution in [0.5, 0.6) is 0 Å². The average molecular weight is 415 g/mol. The summed E-state index contributed by atoms with van der Waals surface area (Å²) in [5.41, 5.74) is -3.20. The van der Waals surface area contributed by atoms with E-state index in [1.54, 1.807) is 0 Å². The third-order valence-corrected chi connectivity index (χ3v) is 5.95. The van der Waals surface area contributed by atoms with Gasteiger partial charge in [0.1, 0.15) is 0 Å². The van der Waals surface area contributed by atoms with E-state index in [-0.39, 0.29) is 6.42 Å². The fourth-order valence-electron chi connectivity index (χ4n) is 4.64. The molecule has 1 heterocycles. The van der Waals surface area contributed by atoms with Crippen molar-refractivity contribution < 1.29 is 39.6 Å². The van der Waals surface area contributed by atoms with Gasteiger partial charge in [0.25, 0.3) is 0 Å². The van der Waals surface area contributed by atoms with E-state index in [2.05, 4.69) is 5.32 Å². The zero-order chi connectivity index (χ0) is 21.9. The zero-order valence-corrected chi connectivity index (χ0v) is 16.8. The van der Waals surface area contributed by atoms with Crippen LogP contribution < -0.4 is 5.32 Å². The molecule has 1 aliphatic heterocycles. The first-order valence-electron chi connectivity index (χ1n) is 10.2. The second kappa shape index (κ2) is 11.7. The molecule has 0 saturated carbocycles. The van der Waals surface area contributed by atoms with Crippen LogP contribution in [-0.4, -0.2) is 56.4 Å². The van der Waals surface area contributed by atoms with E-state index in [1.807, 2.05) is 0 Å². The van der Waals surface area contributed by atoms with Crippen molar-refractivity contribution in [1.82, 2.24) is 5.32 Å². The molecule has 0 aromatic rings. The standard InChI is InChI=1S/C20H33NO8/c22-15(23)11-19(12-16(24)25)9-7-5-3-1-2-4-6-8-10-21-20(19,13-17(26)27)14-18(28)29/h21H,1-14H2,(H,22,23)(H,24,25)(H,26,27)(H,28,29). The van der Waals surface area contributed by atoms with E-state index < -0.39 is 60.5 Å². The number of carboxylic acid groups (broad SMARTS) is 4. The van der Waals surface area contributed by atoms with Crippen LogP contribution in [0.4, 0.5) is 0 Å². The van der Waals surface area contributed by atoms with E-state index >= 15 is 0 Å². The Balaban J connectivity index is 3.52. The highest BCUT2D eigenvalue weighted by molar-refractivity contribution is 5.77. The molecule has 1 aliphatic rings. The van der Waals surface area contributed by atoms with Crippen LogP contribution in [0, 0.1) is 5.41 Å². The van der Waals surface area contributed by atoms with Crippen molar-refractivity contribution >= 4 is 23.9 Å². The van der Waals surface area contributed by atoms with Crippen molar-refractivity contribution in [1.29, 1.82) is 0 Å². The first-order valence-corrected chi connectivity index (χ1v) is 10.2. The number of carbonyl (C=O) groups is 4. The lowest BCUT2D eigenvalue weighted by Gasteiger charge is -2.49. The van der Waals surface area contributed by atoms with Crippen molar-refractivity contribution in [2.75, 3.05) is 6.54 Å². The summed E-state index contributed by atoms with van der Waals surface area (Å²) < 4.78 is 0. The second-order valence-electron chi connectivity index (χ2n) is 8.15. The molecule has 0 spiro atoms. The van der Waals surface area contributed by atoms with Crippen molar-refractivity contribution in [3.05, 3.63) is 0 Å². The highest BCUT2D eigenvalue weighted by Crippen LogP contribution is 2.48. The van der Waals surface area contributed by atoms with Gasteiger partial charge in [-0.25, -0.2) is 0 Å². The molecule has 0 aliphatic carbocycles. The lowest BCUT2D eigenvalue weighted by atomic mass is 9.59. The molecule has 5 N–H and O–H groups in total. The molecule has 0 radical (unpaired) electrons. The summed E-state index contributed by atoms with van der Waals surface area (Å²) in [5.74, 6) is -5.11. The van der Waals surface area contributed by atoms with Crippen molar-refractivity contribution in [3.8, 4) is 0 Å². The number of nitrogens with one attached hydrogen (secondary N) is 1. The molecule has 0 aromatic carbocycles. The molecule has 1 saturated heterocycles. The Hall–Kier alpha value is -2.16. The zero-order valence-electron chi connectivity index (χ0n) is 16.8. The Kier molecular flexibility index (Phi) is 10.1. The first-order chi connectivity index (χ1) is 13.6. The molecule has 9 nitrogen and oxygen atoms in total. The number of hydrogen-bond donors (Lipinski definition) is 5. The molecule has 0 atom stereocenters. The maximum Gasteiger partial charge on any atom is 0.305 e. The summed E-state index contributed by atoms with van der Waals surface area (Å²) in [6, 6.07) is 0. The van der Waals surface area contributed by atoms with Crippen LogP contribution in [-0.2, 0) is 19.2 Å². The summed E-state index contributed by atoms with van der Waals surface area (Å²) >= 11 is 0. The summed E-state index contributed by atoms with van der Waals surface area (Å²) in [6.45, 7) is 0.307. The molecule has 0 aromatic heterocycles. The SMILES string of the molecule is O=C(O)CC1(CC(=O)O)CCCCCCCCCCNC1(CC(=O)O)CC(=O)O. The number of aliphatic carboxylic acids is 4. The van der Waals surface area contributed by atoms with Crippen LogP contribution in [0.25, 0.3) is 0 Å². The minimum absolute atomic E-state index is 0.138. The first kappa shape index (κ1) is 24.9. The molecule has 1 rings (SSSR count). The molecule has 0 bridgehead atoms. The smallest absolute Gasteiger partial charge is 0.305 e. The lowest BCUT2D eigenvalue weighted by molar-refractivity contribution is -0.157. The minimum atomic E-state index is -1.67. The van der Waals surface area contributed by atoms with Crippen molar-refractivity contribution in [2.24, 2.45) is 5.41 Å². The van der Waals surface area contributed by atoms with E-state index in [9.17, 15) is 39.6 Å². The maximum atomic E-state index is 11.7. The van der Waals surface area contributed by atoms with Gasteiger partial charge in [-0.3, -0.25) is 19.2 Å². The van der Waals surface area contributed by atoms with Gasteiger partial charge in [-0.05, 0) is 19.4 Å². The van der Waals surface area contributed by atoms with Crippen LogP contribution in [0.15, 0.2) is 0 Å². The minimum Gasteiger partial charge on any atom is -0.481 e. The second-order valence-corrected chi connectivity index (χ2v) is 8.15. The summed E-state index contributed by atoms with van der Waals surface area (Å²) in [7, 11) is 0. The van der Waals surface area contributed by atoms with Crippen molar-refractivity contribution in [3.63, 3.8) is 0 Å². The largest absolute Gasteiger partial charge is 0.481 e. The molecular formula is C20H33NO8. The Bertz CT molecular complexity index is 507. The van der Waals surface area contributed by atoms with Crippen LogP contribution in [0.2, 0.25) is 0 Å². The average Bonchev–Trinajstić information content (AvgIpc) is 2.57. The van der Waals surface area contributed by atoms with Gasteiger partial charge in [0.15, 0.2) is 0 Å².